The summed E-state index contributed by atoms with van der Waals surface area (Å²) in [6.07, 6.45) is 2.83. The maximum absolute atomic E-state index is 12.4. The van der Waals surface area contributed by atoms with Gasteiger partial charge >= 0.3 is 0 Å². The van der Waals surface area contributed by atoms with Crippen LogP contribution >= 0.6 is 23.4 Å². The Kier molecular flexibility index (Phi) is 6.63. The number of ether oxygens (including phenoxy) is 1. The first kappa shape index (κ1) is 19.6. The van der Waals surface area contributed by atoms with E-state index in [2.05, 4.69) is 15.3 Å². The zero-order valence-corrected chi connectivity index (χ0v) is 16.9. The fourth-order valence-electron chi connectivity index (χ4n) is 2.74. The number of aryl methyl sites for hydroxylation is 1. The average Bonchev–Trinajstić information content (AvgIpc) is 3.10. The largest absolute Gasteiger partial charge is 0.484 e. The van der Waals surface area contributed by atoms with Gasteiger partial charge in [-0.2, -0.15) is 11.8 Å². The molecule has 5 nitrogen and oxygen atoms in total. The van der Waals surface area contributed by atoms with Crippen molar-refractivity contribution < 1.29 is 9.53 Å². The third-order valence-corrected chi connectivity index (χ3v) is 5.25. The standard InChI is InChI=1S/C20H22ClN3O2S/c1-13-11-14(7-8-15(13)21)26-12-19(25)22-18(9-10-27-2)20-23-16-5-3-4-6-17(16)24-20/h3-8,11,18H,9-10,12H2,1-2H3,(H,22,25)(H,23,24)/t18-/m0/s1. The minimum atomic E-state index is -0.187. The SMILES string of the molecule is CSCC[C@H](NC(=O)COc1ccc(Cl)c(C)c1)c1nc2ccccc2[nH]1. The van der Waals surface area contributed by atoms with Gasteiger partial charge in [-0.3, -0.25) is 4.79 Å². The van der Waals surface area contributed by atoms with Crippen molar-refractivity contribution in [1.29, 1.82) is 0 Å². The van der Waals surface area contributed by atoms with E-state index in [0.717, 1.165) is 34.6 Å². The Morgan fingerprint density at radius 3 is 2.89 bits per heavy atom. The summed E-state index contributed by atoms with van der Waals surface area (Å²) < 4.78 is 5.60. The van der Waals surface area contributed by atoms with Crippen molar-refractivity contribution in [3.8, 4) is 5.75 Å². The Bertz CT molecular complexity index is 895. The second-order valence-electron chi connectivity index (χ2n) is 6.24. The Balaban J connectivity index is 1.66. The van der Waals surface area contributed by atoms with E-state index in [-0.39, 0.29) is 18.6 Å². The number of carbonyl (C=O) groups is 1. The van der Waals surface area contributed by atoms with Gasteiger partial charge in [0.15, 0.2) is 6.61 Å². The van der Waals surface area contributed by atoms with Gasteiger partial charge in [-0.1, -0.05) is 23.7 Å². The molecule has 1 atom stereocenters. The first-order valence-electron chi connectivity index (χ1n) is 8.68. The van der Waals surface area contributed by atoms with Crippen LogP contribution in [0.1, 0.15) is 23.9 Å². The molecule has 0 bridgehead atoms. The molecular weight excluding hydrogens is 382 g/mol. The molecule has 3 rings (SSSR count). The molecule has 0 saturated carbocycles. The van der Waals surface area contributed by atoms with E-state index in [1.54, 1.807) is 23.9 Å². The van der Waals surface area contributed by atoms with Crippen LogP contribution in [0.3, 0.4) is 0 Å². The van der Waals surface area contributed by atoms with Gasteiger partial charge in [0.25, 0.3) is 5.91 Å². The number of aromatic nitrogens is 2. The Morgan fingerprint density at radius 2 is 2.15 bits per heavy atom. The summed E-state index contributed by atoms with van der Waals surface area (Å²) in [6, 6.07) is 13.0. The number of benzene rings is 2. The van der Waals surface area contributed by atoms with Crippen molar-refractivity contribution in [3.63, 3.8) is 0 Å². The molecule has 0 radical (unpaired) electrons. The maximum Gasteiger partial charge on any atom is 0.258 e. The molecule has 0 fully saturated rings. The third kappa shape index (κ3) is 5.17. The number of rotatable bonds is 8. The van der Waals surface area contributed by atoms with E-state index < -0.39 is 0 Å². The van der Waals surface area contributed by atoms with Crippen LogP contribution in [0.5, 0.6) is 5.75 Å². The second-order valence-corrected chi connectivity index (χ2v) is 7.63. The topological polar surface area (TPSA) is 67.0 Å². The molecule has 1 heterocycles. The van der Waals surface area contributed by atoms with Gasteiger partial charge in [0.05, 0.1) is 17.1 Å². The molecule has 142 valence electrons. The number of thioether (sulfide) groups is 1. The van der Waals surface area contributed by atoms with Crippen LogP contribution < -0.4 is 10.1 Å². The first-order chi connectivity index (χ1) is 13.1. The number of fused-ring (bicyclic) bond motifs is 1. The van der Waals surface area contributed by atoms with Gasteiger partial charge in [-0.25, -0.2) is 4.98 Å². The number of carbonyl (C=O) groups excluding carboxylic acids is 1. The summed E-state index contributed by atoms with van der Waals surface area (Å²) in [4.78, 5) is 20.4. The molecule has 2 aromatic carbocycles. The van der Waals surface area contributed by atoms with E-state index in [1.807, 2.05) is 43.5 Å². The predicted molar refractivity (Wildman–Crippen MR) is 112 cm³/mol. The zero-order valence-electron chi connectivity index (χ0n) is 15.3. The Hall–Kier alpha value is -2.18. The molecule has 0 aliphatic carbocycles. The minimum Gasteiger partial charge on any atom is -0.484 e. The number of imidazole rings is 1. The number of nitrogens with one attached hydrogen (secondary N) is 2. The average molecular weight is 404 g/mol. The molecule has 1 aromatic heterocycles. The summed E-state index contributed by atoms with van der Waals surface area (Å²) in [5, 5.41) is 3.70. The number of para-hydroxylation sites is 2. The normalized spacial score (nSPS) is 12.1. The highest BCUT2D eigenvalue weighted by Gasteiger charge is 2.18. The number of nitrogens with zero attached hydrogens (tertiary/aromatic N) is 1. The van der Waals surface area contributed by atoms with Crippen LogP contribution in [0, 0.1) is 6.92 Å². The molecule has 0 aliphatic heterocycles. The molecule has 0 saturated heterocycles. The number of hydrogen-bond donors (Lipinski definition) is 2. The fourth-order valence-corrected chi connectivity index (χ4v) is 3.33. The molecule has 7 heteroatoms. The van der Waals surface area contributed by atoms with Crippen LogP contribution in [0.2, 0.25) is 5.02 Å². The van der Waals surface area contributed by atoms with Crippen LogP contribution in [-0.2, 0) is 4.79 Å². The summed E-state index contributed by atoms with van der Waals surface area (Å²) >= 11 is 7.75. The van der Waals surface area contributed by atoms with Crippen molar-refractivity contribution in [2.75, 3.05) is 18.6 Å². The molecule has 0 spiro atoms. The van der Waals surface area contributed by atoms with Crippen LogP contribution in [0.25, 0.3) is 11.0 Å². The number of aromatic amines is 1. The van der Waals surface area contributed by atoms with E-state index >= 15 is 0 Å². The summed E-state index contributed by atoms with van der Waals surface area (Å²) in [7, 11) is 0. The van der Waals surface area contributed by atoms with Gasteiger partial charge in [0.2, 0.25) is 0 Å². The summed E-state index contributed by atoms with van der Waals surface area (Å²) in [5.74, 6) is 2.12. The smallest absolute Gasteiger partial charge is 0.258 e. The molecular formula is C20H22ClN3O2S. The highest BCUT2D eigenvalue weighted by molar-refractivity contribution is 7.98. The van der Waals surface area contributed by atoms with Gasteiger partial charge in [-0.05, 0) is 61.2 Å². The summed E-state index contributed by atoms with van der Waals surface area (Å²) in [5.41, 5.74) is 2.77. The lowest BCUT2D eigenvalue weighted by molar-refractivity contribution is -0.123. The monoisotopic (exact) mass is 403 g/mol. The lowest BCUT2D eigenvalue weighted by atomic mass is 10.2. The van der Waals surface area contributed by atoms with Crippen molar-refractivity contribution in [1.82, 2.24) is 15.3 Å². The van der Waals surface area contributed by atoms with Crippen molar-refractivity contribution in [2.24, 2.45) is 0 Å². The molecule has 27 heavy (non-hydrogen) atoms. The van der Waals surface area contributed by atoms with Gasteiger partial charge in [0, 0.05) is 5.02 Å². The highest BCUT2D eigenvalue weighted by Crippen LogP contribution is 2.22. The molecule has 3 aromatic rings. The van der Waals surface area contributed by atoms with E-state index in [4.69, 9.17) is 16.3 Å². The number of H-pyrrole nitrogens is 1. The lowest BCUT2D eigenvalue weighted by Crippen LogP contribution is -2.33. The quantitative estimate of drug-likeness (QED) is 0.580. The predicted octanol–water partition coefficient (Wildman–Crippen LogP) is 4.51. The molecule has 0 unspecified atom stereocenters. The number of hydrogen-bond acceptors (Lipinski definition) is 4. The van der Waals surface area contributed by atoms with E-state index in [1.165, 1.54) is 0 Å². The summed E-state index contributed by atoms with van der Waals surface area (Å²) in [6.45, 7) is 1.84. The van der Waals surface area contributed by atoms with Crippen LogP contribution in [-0.4, -0.2) is 34.5 Å². The lowest BCUT2D eigenvalue weighted by Gasteiger charge is -2.16. The van der Waals surface area contributed by atoms with Crippen molar-refractivity contribution in [2.45, 2.75) is 19.4 Å². The first-order valence-corrected chi connectivity index (χ1v) is 10.5. The Labute approximate surface area is 167 Å². The Morgan fingerprint density at radius 1 is 1.33 bits per heavy atom. The highest BCUT2D eigenvalue weighted by atomic mass is 35.5. The third-order valence-electron chi connectivity index (χ3n) is 4.18. The zero-order chi connectivity index (χ0) is 19.2. The molecule has 1 amide bonds. The molecule has 2 N–H and O–H groups in total. The van der Waals surface area contributed by atoms with Gasteiger partial charge < -0.3 is 15.0 Å². The van der Waals surface area contributed by atoms with Gasteiger partial charge in [0.1, 0.15) is 11.6 Å². The van der Waals surface area contributed by atoms with E-state index in [0.29, 0.717) is 10.8 Å². The second kappa shape index (κ2) is 9.15. The van der Waals surface area contributed by atoms with Crippen molar-refractivity contribution >= 4 is 40.3 Å². The minimum absolute atomic E-state index is 0.0585. The maximum atomic E-state index is 12.4. The van der Waals surface area contributed by atoms with Crippen molar-refractivity contribution in [3.05, 3.63) is 58.9 Å². The van der Waals surface area contributed by atoms with Gasteiger partial charge in [-0.15, -0.1) is 0 Å². The fraction of sp³-hybridized carbons (Fsp3) is 0.300. The number of halogens is 1. The number of amides is 1. The molecule has 0 aliphatic rings. The van der Waals surface area contributed by atoms with Crippen LogP contribution in [0.15, 0.2) is 42.5 Å². The van der Waals surface area contributed by atoms with Crippen LogP contribution in [0.4, 0.5) is 0 Å². The van der Waals surface area contributed by atoms with E-state index in [9.17, 15) is 4.79 Å².